The van der Waals surface area contributed by atoms with Gasteiger partial charge in [-0.1, -0.05) is 55.4 Å². The zero-order valence-corrected chi connectivity index (χ0v) is 25.8. The molecule has 3 rings (SSSR count). The summed E-state index contributed by atoms with van der Waals surface area (Å²) in [5.41, 5.74) is 0.0876. The van der Waals surface area contributed by atoms with Crippen molar-refractivity contribution in [3.8, 4) is 0 Å². The molecule has 4 N–H and O–H groups in total. The number of carbonyl (C=O) groups excluding carboxylic acids is 2. The fourth-order valence-corrected chi connectivity index (χ4v) is 16.6. The lowest BCUT2D eigenvalue weighted by molar-refractivity contribution is -0.114. The summed E-state index contributed by atoms with van der Waals surface area (Å²) in [6, 6.07) is 0. The number of amides is 2. The van der Waals surface area contributed by atoms with Gasteiger partial charge in [-0.3, -0.25) is 24.7 Å². The van der Waals surface area contributed by atoms with Crippen LogP contribution in [0.25, 0.3) is 0 Å². The predicted molar refractivity (Wildman–Crippen MR) is 150 cm³/mol. The minimum Gasteiger partial charge on any atom is -0.414 e. The first kappa shape index (κ1) is 30.4. The molecule has 0 spiro atoms. The van der Waals surface area contributed by atoms with E-state index in [1.807, 2.05) is 0 Å². The largest absolute Gasteiger partial charge is 0.414 e. The summed E-state index contributed by atoms with van der Waals surface area (Å²) in [5.74, 6) is -0.373. The molecular weight excluding hydrogens is 526 g/mol. The van der Waals surface area contributed by atoms with Gasteiger partial charge < -0.3 is 28.3 Å². The maximum atomic E-state index is 12.6. The molecular formula is C24H43N5O7Si2. The van der Waals surface area contributed by atoms with Crippen LogP contribution in [0.4, 0.5) is 17.5 Å². The summed E-state index contributed by atoms with van der Waals surface area (Å²) in [4.78, 5) is 42.0. The Labute approximate surface area is 226 Å². The second-order valence-corrected chi connectivity index (χ2v) is 20.1. The Kier molecular flexibility index (Phi) is 9.58. The van der Waals surface area contributed by atoms with Gasteiger partial charge in [-0.2, -0.15) is 4.98 Å². The van der Waals surface area contributed by atoms with Crippen LogP contribution < -0.4 is 21.5 Å². The van der Waals surface area contributed by atoms with Crippen molar-refractivity contribution < 1.29 is 27.3 Å². The Hall–Kier alpha value is -2.11. The number of nitrogens with one attached hydrogen (secondary N) is 4. The number of aromatic nitrogens is 2. The highest BCUT2D eigenvalue weighted by Gasteiger charge is 2.60. The normalized spacial score (nSPS) is 24.7. The lowest BCUT2D eigenvalue weighted by Crippen LogP contribution is -2.65. The van der Waals surface area contributed by atoms with Gasteiger partial charge in [0.15, 0.2) is 5.82 Å². The monoisotopic (exact) mass is 569 g/mol. The second-order valence-electron chi connectivity index (χ2n) is 11.3. The van der Waals surface area contributed by atoms with Crippen molar-refractivity contribution in [2.45, 2.75) is 109 Å². The van der Waals surface area contributed by atoms with Gasteiger partial charge in [0.25, 0.3) is 5.56 Å². The lowest BCUT2D eigenvalue weighted by atomic mass is 10.2. The average molecular weight is 570 g/mol. The van der Waals surface area contributed by atoms with Crippen LogP contribution in [0.2, 0.25) is 22.2 Å². The molecule has 12 nitrogen and oxygen atoms in total. The molecule has 0 saturated carbocycles. The van der Waals surface area contributed by atoms with Crippen LogP contribution in [0.1, 0.15) is 68.7 Å². The number of nitrogens with zero attached hydrogens (tertiary/aromatic N) is 1. The molecule has 2 fully saturated rings. The van der Waals surface area contributed by atoms with Crippen LogP contribution >= 0.6 is 0 Å². The number of carbonyl (C=O) groups is 2. The maximum Gasteiger partial charge on any atom is 0.335 e. The van der Waals surface area contributed by atoms with Crippen molar-refractivity contribution in [3.63, 3.8) is 0 Å². The van der Waals surface area contributed by atoms with Crippen molar-refractivity contribution in [2.75, 3.05) is 22.6 Å². The number of fused-ring (bicyclic) bond motifs is 1. The zero-order chi connectivity index (χ0) is 28.4. The molecule has 0 unspecified atom stereocenters. The zero-order valence-electron chi connectivity index (χ0n) is 23.8. The first-order chi connectivity index (χ1) is 17.8. The third-order valence-electron chi connectivity index (χ3n) is 7.26. The van der Waals surface area contributed by atoms with Crippen molar-refractivity contribution in [3.05, 3.63) is 10.4 Å². The third-order valence-corrected chi connectivity index (χ3v) is 17.5. The van der Waals surface area contributed by atoms with E-state index in [1.54, 1.807) is 0 Å². The van der Waals surface area contributed by atoms with Gasteiger partial charge in [0.2, 0.25) is 18.3 Å². The summed E-state index contributed by atoms with van der Waals surface area (Å²) >= 11 is 0. The number of ether oxygens (including phenoxy) is 1. The molecule has 0 radical (unpaired) electrons. The molecule has 1 aromatic rings. The smallest absolute Gasteiger partial charge is 0.335 e. The average Bonchev–Trinajstić information content (AvgIpc) is 3.15. The van der Waals surface area contributed by atoms with Gasteiger partial charge in [0, 0.05) is 13.3 Å². The van der Waals surface area contributed by atoms with Gasteiger partial charge >= 0.3 is 17.1 Å². The first-order valence-electron chi connectivity index (χ1n) is 13.3. The molecule has 38 heavy (non-hydrogen) atoms. The Morgan fingerprint density at radius 1 is 1.03 bits per heavy atom. The van der Waals surface area contributed by atoms with Crippen LogP contribution in [0.15, 0.2) is 4.79 Å². The van der Waals surface area contributed by atoms with E-state index in [-0.39, 0.29) is 51.8 Å². The van der Waals surface area contributed by atoms with Gasteiger partial charge in [0.1, 0.15) is 18.0 Å². The Balaban J connectivity index is 1.96. The molecule has 2 saturated heterocycles. The summed E-state index contributed by atoms with van der Waals surface area (Å²) < 4.78 is 27.3. The SMILES string of the molecule is CC(=O)Nc1nc(N[C@H]2C[C@@H]3O[Si](C(C)C)(C(C)C)O[Si](C(C)C)(C(C)C)OC[C@H]3O2)c(NC=O)c(=O)[nH]1. The summed E-state index contributed by atoms with van der Waals surface area (Å²) in [5, 5.41) is 7.96. The van der Waals surface area contributed by atoms with Crippen LogP contribution in [-0.2, 0) is 27.3 Å². The van der Waals surface area contributed by atoms with Crippen molar-refractivity contribution >= 4 is 46.9 Å². The molecule has 3 atom stereocenters. The Bertz CT molecular complexity index is 1050. The van der Waals surface area contributed by atoms with E-state index in [0.717, 1.165) is 0 Å². The van der Waals surface area contributed by atoms with E-state index in [1.165, 1.54) is 6.92 Å². The van der Waals surface area contributed by atoms with Gasteiger partial charge in [-0.25, -0.2) is 0 Å². The summed E-state index contributed by atoms with van der Waals surface area (Å²) in [6.45, 7) is 18.9. The fourth-order valence-electron chi connectivity index (χ4n) is 5.39. The van der Waals surface area contributed by atoms with Crippen molar-refractivity contribution in [1.82, 2.24) is 9.97 Å². The van der Waals surface area contributed by atoms with E-state index < -0.39 is 34.8 Å². The number of hydrogen-bond acceptors (Lipinski definition) is 9. The number of hydrogen-bond donors (Lipinski definition) is 4. The first-order valence-corrected chi connectivity index (χ1v) is 17.3. The second kappa shape index (κ2) is 12.0. The van der Waals surface area contributed by atoms with Gasteiger partial charge in [-0.05, 0) is 22.2 Å². The van der Waals surface area contributed by atoms with Gasteiger partial charge in [-0.15, -0.1) is 0 Å². The Morgan fingerprint density at radius 2 is 1.63 bits per heavy atom. The van der Waals surface area contributed by atoms with Crippen LogP contribution in [0.5, 0.6) is 0 Å². The summed E-state index contributed by atoms with van der Waals surface area (Å²) in [7, 11) is -5.49. The highest BCUT2D eigenvalue weighted by atomic mass is 28.5. The lowest BCUT2D eigenvalue weighted by Gasteiger charge is -2.51. The van der Waals surface area contributed by atoms with Crippen LogP contribution in [0, 0.1) is 0 Å². The van der Waals surface area contributed by atoms with E-state index >= 15 is 0 Å². The minimum atomic E-state index is -2.80. The molecule has 3 heterocycles. The van der Waals surface area contributed by atoms with E-state index in [0.29, 0.717) is 19.4 Å². The maximum absolute atomic E-state index is 12.6. The van der Waals surface area contributed by atoms with Gasteiger partial charge in [0.05, 0.1) is 12.7 Å². The van der Waals surface area contributed by atoms with Crippen molar-refractivity contribution in [1.29, 1.82) is 0 Å². The molecule has 2 amide bonds. The number of aromatic amines is 1. The molecule has 0 aromatic carbocycles. The number of anilines is 3. The molecule has 0 bridgehead atoms. The molecule has 2 aliphatic rings. The number of rotatable bonds is 9. The van der Waals surface area contributed by atoms with E-state index in [2.05, 4.69) is 81.3 Å². The summed E-state index contributed by atoms with van der Waals surface area (Å²) in [6.07, 6.45) is -0.396. The highest BCUT2D eigenvalue weighted by Crippen LogP contribution is 2.47. The quantitative estimate of drug-likeness (QED) is 0.257. The highest BCUT2D eigenvalue weighted by molar-refractivity contribution is 6.83. The third kappa shape index (κ3) is 6.04. The van der Waals surface area contributed by atoms with Crippen LogP contribution in [-0.4, -0.2) is 64.4 Å². The molecule has 14 heteroatoms. The van der Waals surface area contributed by atoms with E-state index in [4.69, 9.17) is 17.7 Å². The fraction of sp³-hybridized carbons (Fsp3) is 0.750. The molecule has 0 aliphatic carbocycles. The standard InChI is InChI=1S/C24H43N5O7Si2/c1-13(2)37(14(3)4)33-11-19-18(35-38(36-37,15(5)6)16(7)8)10-20(34-19)27-22-21(25-12-30)23(32)29-24(28-22)26-17(9)31/h12-16,18-20H,10-11H2,1-9H3,(H,25,30)(H3,26,27,28,29,31,32)/t18-,19+,20+/m0/s1. The molecule has 2 aliphatic heterocycles. The minimum absolute atomic E-state index is 0.0471. The predicted octanol–water partition coefficient (Wildman–Crippen LogP) is 3.78. The topological polar surface area (TPSA) is 153 Å². The number of H-pyrrole nitrogens is 1. The molecule has 1 aromatic heterocycles. The van der Waals surface area contributed by atoms with Crippen LogP contribution in [0.3, 0.4) is 0 Å². The van der Waals surface area contributed by atoms with Crippen molar-refractivity contribution in [2.24, 2.45) is 0 Å². The van der Waals surface area contributed by atoms with E-state index in [9.17, 15) is 14.4 Å². The Morgan fingerprint density at radius 3 is 2.16 bits per heavy atom. The molecule has 214 valence electrons.